The molecule has 0 saturated carbocycles. The normalized spacial score (nSPS) is 10.9. The first kappa shape index (κ1) is 20.8. The molecule has 0 aliphatic rings. The smallest absolute Gasteiger partial charge is 0.270 e. The van der Waals surface area contributed by atoms with Crippen LogP contribution in [0.1, 0.15) is 30.1 Å². The Morgan fingerprint density at radius 1 is 1.17 bits per heavy atom. The molecule has 8 nitrogen and oxygen atoms in total. The van der Waals surface area contributed by atoms with E-state index in [1.807, 2.05) is 13.8 Å². The number of carbonyl (C=O) groups is 1. The number of carbonyl (C=O) groups excluding carboxylic acids is 1. The standard InChI is InChI=1S/C19H16Cl2N4O4/c1-11(2)24(19(26)15-8-7-14(25(27)28)9-16(15)21)10-17-22-23-18(29-17)12-3-5-13(20)6-4-12/h3-9,11H,10H2,1-2H3. The van der Waals surface area contributed by atoms with Gasteiger partial charge in [0.2, 0.25) is 11.8 Å². The van der Waals surface area contributed by atoms with Crippen molar-refractivity contribution in [2.45, 2.75) is 26.4 Å². The van der Waals surface area contributed by atoms with E-state index < -0.39 is 10.8 Å². The van der Waals surface area contributed by atoms with Gasteiger partial charge < -0.3 is 9.32 Å². The summed E-state index contributed by atoms with van der Waals surface area (Å²) in [5, 5.41) is 19.5. The second-order valence-electron chi connectivity index (χ2n) is 6.46. The Hall–Kier alpha value is -2.97. The molecule has 0 bridgehead atoms. The van der Waals surface area contributed by atoms with Gasteiger partial charge in [-0.3, -0.25) is 14.9 Å². The lowest BCUT2D eigenvalue weighted by Crippen LogP contribution is -2.36. The monoisotopic (exact) mass is 434 g/mol. The predicted molar refractivity (Wildman–Crippen MR) is 108 cm³/mol. The van der Waals surface area contributed by atoms with E-state index in [0.717, 1.165) is 6.07 Å². The highest BCUT2D eigenvalue weighted by atomic mass is 35.5. The van der Waals surface area contributed by atoms with Crippen LogP contribution in [0.3, 0.4) is 0 Å². The van der Waals surface area contributed by atoms with Crippen LogP contribution < -0.4 is 0 Å². The van der Waals surface area contributed by atoms with E-state index in [9.17, 15) is 14.9 Å². The zero-order valence-corrected chi connectivity index (χ0v) is 17.0. The molecular formula is C19H16Cl2N4O4. The van der Waals surface area contributed by atoms with Crippen molar-refractivity contribution >= 4 is 34.8 Å². The van der Waals surface area contributed by atoms with Gasteiger partial charge in [-0.15, -0.1) is 10.2 Å². The van der Waals surface area contributed by atoms with Gasteiger partial charge in [-0.2, -0.15) is 0 Å². The minimum absolute atomic E-state index is 0.00207. The first-order chi connectivity index (χ1) is 13.8. The van der Waals surface area contributed by atoms with Crippen molar-refractivity contribution in [1.82, 2.24) is 15.1 Å². The third kappa shape index (κ3) is 4.72. The summed E-state index contributed by atoms with van der Waals surface area (Å²) < 4.78 is 5.68. The van der Waals surface area contributed by atoms with Gasteiger partial charge in [0.25, 0.3) is 11.6 Å². The van der Waals surface area contributed by atoms with Gasteiger partial charge in [0.05, 0.1) is 22.1 Å². The Balaban J connectivity index is 1.83. The maximum Gasteiger partial charge on any atom is 0.270 e. The highest BCUT2D eigenvalue weighted by Gasteiger charge is 2.25. The molecular weight excluding hydrogens is 419 g/mol. The number of rotatable bonds is 6. The van der Waals surface area contributed by atoms with E-state index in [4.69, 9.17) is 27.6 Å². The number of benzene rings is 2. The molecule has 2 aromatic carbocycles. The van der Waals surface area contributed by atoms with E-state index in [-0.39, 0.29) is 34.8 Å². The summed E-state index contributed by atoms with van der Waals surface area (Å²) in [6.07, 6.45) is 0. The fourth-order valence-electron chi connectivity index (χ4n) is 2.61. The molecule has 1 aromatic heterocycles. The highest BCUT2D eigenvalue weighted by Crippen LogP contribution is 2.26. The van der Waals surface area contributed by atoms with Crippen molar-refractivity contribution in [1.29, 1.82) is 0 Å². The Morgan fingerprint density at radius 2 is 1.86 bits per heavy atom. The van der Waals surface area contributed by atoms with E-state index in [1.165, 1.54) is 17.0 Å². The van der Waals surface area contributed by atoms with Crippen molar-refractivity contribution in [2.24, 2.45) is 0 Å². The van der Waals surface area contributed by atoms with Crippen LogP contribution in [0, 0.1) is 10.1 Å². The number of nitrogens with zero attached hydrogens (tertiary/aromatic N) is 4. The molecule has 0 spiro atoms. The quantitative estimate of drug-likeness (QED) is 0.399. The van der Waals surface area contributed by atoms with Gasteiger partial charge in [0, 0.05) is 28.8 Å². The van der Waals surface area contributed by atoms with Crippen LogP contribution in [0.25, 0.3) is 11.5 Å². The molecule has 0 N–H and O–H groups in total. The lowest BCUT2D eigenvalue weighted by atomic mass is 10.1. The molecule has 0 aliphatic carbocycles. The Morgan fingerprint density at radius 3 is 2.45 bits per heavy atom. The number of hydrogen-bond acceptors (Lipinski definition) is 6. The molecule has 0 radical (unpaired) electrons. The van der Waals surface area contributed by atoms with E-state index >= 15 is 0 Å². The van der Waals surface area contributed by atoms with Gasteiger partial charge in [-0.25, -0.2) is 0 Å². The molecule has 0 unspecified atom stereocenters. The molecule has 3 aromatic rings. The third-order valence-electron chi connectivity index (χ3n) is 4.14. The number of hydrogen-bond donors (Lipinski definition) is 0. The number of halogens is 2. The van der Waals surface area contributed by atoms with Crippen LogP contribution in [0.2, 0.25) is 10.0 Å². The van der Waals surface area contributed by atoms with Gasteiger partial charge in [0.1, 0.15) is 0 Å². The van der Waals surface area contributed by atoms with E-state index in [0.29, 0.717) is 16.5 Å². The molecule has 150 valence electrons. The summed E-state index contributed by atoms with van der Waals surface area (Å²) >= 11 is 12.0. The zero-order valence-electron chi connectivity index (χ0n) is 15.5. The lowest BCUT2D eigenvalue weighted by Gasteiger charge is -2.25. The summed E-state index contributed by atoms with van der Waals surface area (Å²) in [7, 11) is 0. The first-order valence-electron chi connectivity index (χ1n) is 8.59. The molecule has 3 rings (SSSR count). The van der Waals surface area contributed by atoms with Crippen molar-refractivity contribution in [2.75, 3.05) is 0 Å². The maximum absolute atomic E-state index is 13.0. The van der Waals surface area contributed by atoms with Crippen molar-refractivity contribution < 1.29 is 14.1 Å². The van der Waals surface area contributed by atoms with Crippen molar-refractivity contribution in [3.63, 3.8) is 0 Å². The molecule has 0 fully saturated rings. The molecule has 1 amide bonds. The highest BCUT2D eigenvalue weighted by molar-refractivity contribution is 6.34. The first-order valence-corrected chi connectivity index (χ1v) is 9.35. The lowest BCUT2D eigenvalue weighted by molar-refractivity contribution is -0.384. The SMILES string of the molecule is CC(C)N(Cc1nnc(-c2ccc(Cl)cc2)o1)C(=O)c1ccc([N+](=O)[O-])cc1Cl. The average molecular weight is 435 g/mol. The second-order valence-corrected chi connectivity index (χ2v) is 7.30. The van der Waals surface area contributed by atoms with Gasteiger partial charge in [-0.1, -0.05) is 23.2 Å². The average Bonchev–Trinajstić information content (AvgIpc) is 3.14. The largest absolute Gasteiger partial charge is 0.419 e. The van der Waals surface area contributed by atoms with Crippen LogP contribution >= 0.6 is 23.2 Å². The van der Waals surface area contributed by atoms with Crippen molar-refractivity contribution in [3.8, 4) is 11.5 Å². The number of aromatic nitrogens is 2. The molecule has 10 heteroatoms. The number of non-ortho nitro benzene ring substituents is 1. The van der Waals surface area contributed by atoms with Gasteiger partial charge >= 0.3 is 0 Å². The number of nitro benzene ring substituents is 1. The Kier molecular flexibility index (Phi) is 6.14. The fraction of sp³-hybridized carbons (Fsp3) is 0.211. The Bertz CT molecular complexity index is 1050. The molecule has 1 heterocycles. The summed E-state index contributed by atoms with van der Waals surface area (Å²) in [6.45, 7) is 3.71. The molecule has 29 heavy (non-hydrogen) atoms. The van der Waals surface area contributed by atoms with Gasteiger partial charge in [0.15, 0.2) is 0 Å². The number of amides is 1. The summed E-state index contributed by atoms with van der Waals surface area (Å²) in [5.74, 6) is 0.155. The number of nitro groups is 1. The zero-order chi connectivity index (χ0) is 21.1. The summed E-state index contributed by atoms with van der Waals surface area (Å²) in [5.41, 5.74) is 0.671. The summed E-state index contributed by atoms with van der Waals surface area (Å²) in [6, 6.07) is 10.4. The molecule has 0 saturated heterocycles. The van der Waals surface area contributed by atoms with Crippen LogP contribution in [0.5, 0.6) is 0 Å². The minimum atomic E-state index is -0.572. The van der Waals surface area contributed by atoms with E-state index in [2.05, 4.69) is 10.2 Å². The minimum Gasteiger partial charge on any atom is -0.419 e. The summed E-state index contributed by atoms with van der Waals surface area (Å²) in [4.78, 5) is 24.8. The van der Waals surface area contributed by atoms with Crippen LogP contribution in [0.4, 0.5) is 5.69 Å². The van der Waals surface area contributed by atoms with E-state index in [1.54, 1.807) is 24.3 Å². The van der Waals surface area contributed by atoms with Gasteiger partial charge in [-0.05, 0) is 44.2 Å². The predicted octanol–water partition coefficient (Wildman–Crippen LogP) is 5.00. The van der Waals surface area contributed by atoms with Crippen molar-refractivity contribution in [3.05, 3.63) is 74.1 Å². The maximum atomic E-state index is 13.0. The topological polar surface area (TPSA) is 102 Å². The third-order valence-corrected chi connectivity index (χ3v) is 4.71. The van der Waals surface area contributed by atoms with Crippen LogP contribution in [-0.2, 0) is 6.54 Å². The fourth-order valence-corrected chi connectivity index (χ4v) is 2.99. The van der Waals surface area contributed by atoms with Crippen LogP contribution in [0.15, 0.2) is 46.9 Å². The molecule has 0 atom stereocenters. The molecule has 0 aliphatic heterocycles. The Labute approximate surface area is 176 Å². The second kappa shape index (κ2) is 8.59. The van der Waals surface area contributed by atoms with Crippen LogP contribution in [-0.4, -0.2) is 32.0 Å².